The minimum absolute atomic E-state index is 0.165. The molecule has 0 N–H and O–H groups in total. The maximum Gasteiger partial charge on any atom is 0.231 e. The van der Waals surface area contributed by atoms with Gasteiger partial charge < -0.3 is 23.7 Å². The van der Waals surface area contributed by atoms with Crippen molar-refractivity contribution in [1.29, 1.82) is 0 Å². The summed E-state index contributed by atoms with van der Waals surface area (Å²) in [6, 6.07) is 10.4. The van der Waals surface area contributed by atoms with Crippen molar-refractivity contribution in [3.63, 3.8) is 0 Å². The predicted octanol–water partition coefficient (Wildman–Crippen LogP) is 4.77. The molecule has 150 valence electrons. The van der Waals surface area contributed by atoms with Gasteiger partial charge in [0.15, 0.2) is 23.0 Å². The Bertz CT molecular complexity index is 811. The quantitative estimate of drug-likeness (QED) is 0.667. The molecule has 2 aliphatic heterocycles. The van der Waals surface area contributed by atoms with Crippen molar-refractivity contribution >= 4 is 23.5 Å². The van der Waals surface area contributed by atoms with Crippen molar-refractivity contribution in [2.45, 2.75) is 16.9 Å². The van der Waals surface area contributed by atoms with E-state index in [1.807, 2.05) is 29.6 Å². The number of ether oxygens (including phenoxy) is 5. The number of hydrogen-bond acceptors (Lipinski definition) is 7. The summed E-state index contributed by atoms with van der Waals surface area (Å²) in [7, 11) is 4.93. The summed E-state index contributed by atoms with van der Waals surface area (Å²) in [5.74, 6) is 6.08. The molecule has 0 saturated carbocycles. The number of rotatable bonds is 6. The summed E-state index contributed by atoms with van der Waals surface area (Å²) in [5, 5.41) is 0. The first kappa shape index (κ1) is 19.5. The molecule has 1 unspecified atom stereocenters. The van der Waals surface area contributed by atoms with Gasteiger partial charge >= 0.3 is 0 Å². The molecule has 0 radical (unpaired) electrons. The molecule has 0 amide bonds. The van der Waals surface area contributed by atoms with Crippen LogP contribution in [0.25, 0.3) is 0 Å². The summed E-state index contributed by atoms with van der Waals surface area (Å²) in [6.45, 7) is 0.278. The Morgan fingerprint density at radius 1 is 0.857 bits per heavy atom. The highest BCUT2D eigenvalue weighted by molar-refractivity contribution is 8.17. The summed E-state index contributed by atoms with van der Waals surface area (Å²) in [5.41, 5.74) is 2.34. The van der Waals surface area contributed by atoms with E-state index in [0.717, 1.165) is 17.1 Å². The molecule has 1 atom stereocenters. The monoisotopic (exact) mass is 420 g/mol. The smallest absolute Gasteiger partial charge is 0.231 e. The molecule has 2 aliphatic rings. The Morgan fingerprint density at radius 2 is 1.54 bits per heavy atom. The van der Waals surface area contributed by atoms with E-state index in [2.05, 4.69) is 24.3 Å². The lowest BCUT2D eigenvalue weighted by atomic mass is 9.91. The molecule has 28 heavy (non-hydrogen) atoms. The van der Waals surface area contributed by atoms with Gasteiger partial charge in [-0.2, -0.15) is 0 Å². The molecule has 5 nitrogen and oxygen atoms in total. The second-order valence-electron chi connectivity index (χ2n) is 6.51. The molecule has 0 spiro atoms. The Labute approximate surface area is 174 Å². The predicted molar refractivity (Wildman–Crippen MR) is 114 cm³/mol. The number of hydrogen-bond donors (Lipinski definition) is 0. The van der Waals surface area contributed by atoms with Crippen LogP contribution in [0.1, 0.15) is 23.5 Å². The Kier molecular flexibility index (Phi) is 6.01. The summed E-state index contributed by atoms with van der Waals surface area (Å²) in [6.07, 6.45) is 1.24. The van der Waals surface area contributed by atoms with Gasteiger partial charge in [-0.3, -0.25) is 0 Å². The highest BCUT2D eigenvalue weighted by atomic mass is 32.2. The second-order valence-corrected chi connectivity index (χ2v) is 9.31. The normalized spacial score (nSPS) is 17.2. The number of benzene rings is 2. The molecule has 2 aromatic rings. The molecule has 2 heterocycles. The first-order valence-electron chi connectivity index (χ1n) is 9.17. The zero-order chi connectivity index (χ0) is 19.5. The third-order valence-corrected chi connectivity index (χ3v) is 7.99. The van der Waals surface area contributed by atoms with Gasteiger partial charge in [0.05, 0.1) is 25.9 Å². The van der Waals surface area contributed by atoms with Crippen molar-refractivity contribution in [2.75, 3.05) is 39.6 Å². The fourth-order valence-corrected chi connectivity index (χ4v) is 6.84. The standard InChI is InChI=1S/C21H24O5S2/c1-22-17-10-14(11-18(23-2)20(17)24-3)19(21-27-7-4-8-28-21)13-5-6-15-16(9-13)26-12-25-15/h5-6,9-11,19,21H,4,7-8,12H2,1-3H3. The SMILES string of the molecule is COc1cc(C(c2ccc3c(c2)OCO3)C2SCCCS2)cc(OC)c1OC. The van der Waals surface area contributed by atoms with E-state index in [-0.39, 0.29) is 12.7 Å². The van der Waals surface area contributed by atoms with Crippen molar-refractivity contribution in [3.8, 4) is 28.7 Å². The average molecular weight is 421 g/mol. The van der Waals surface area contributed by atoms with Crippen LogP contribution in [0, 0.1) is 0 Å². The van der Waals surface area contributed by atoms with E-state index >= 15 is 0 Å². The van der Waals surface area contributed by atoms with E-state index in [1.54, 1.807) is 21.3 Å². The molecule has 0 bridgehead atoms. The van der Waals surface area contributed by atoms with Gasteiger partial charge in [0.2, 0.25) is 12.5 Å². The minimum atomic E-state index is 0.165. The van der Waals surface area contributed by atoms with Crippen LogP contribution >= 0.6 is 23.5 Å². The maximum atomic E-state index is 5.63. The van der Waals surface area contributed by atoms with Crippen LogP contribution in [0.5, 0.6) is 28.7 Å². The molecule has 0 aliphatic carbocycles. The van der Waals surface area contributed by atoms with Crippen LogP contribution in [0.2, 0.25) is 0 Å². The zero-order valence-corrected chi connectivity index (χ0v) is 17.9. The van der Waals surface area contributed by atoms with Gasteiger partial charge in [0.25, 0.3) is 0 Å². The van der Waals surface area contributed by atoms with Crippen LogP contribution in [-0.4, -0.2) is 44.2 Å². The summed E-state index contributed by atoms with van der Waals surface area (Å²) < 4.78 is 28.2. The Morgan fingerprint density at radius 3 is 2.18 bits per heavy atom. The van der Waals surface area contributed by atoms with Crippen LogP contribution < -0.4 is 23.7 Å². The second kappa shape index (κ2) is 8.66. The molecule has 0 aromatic heterocycles. The van der Waals surface area contributed by atoms with E-state index in [4.69, 9.17) is 23.7 Å². The molecule has 1 saturated heterocycles. The zero-order valence-electron chi connectivity index (χ0n) is 16.2. The third kappa shape index (κ3) is 3.70. The molecule has 2 aromatic carbocycles. The van der Waals surface area contributed by atoms with Gasteiger partial charge in [-0.25, -0.2) is 0 Å². The number of thioether (sulfide) groups is 2. The molecular formula is C21H24O5S2. The first-order chi connectivity index (χ1) is 13.7. The highest BCUT2D eigenvalue weighted by Gasteiger charge is 2.31. The van der Waals surface area contributed by atoms with Gasteiger partial charge in [-0.15, -0.1) is 23.5 Å². The highest BCUT2D eigenvalue weighted by Crippen LogP contribution is 2.49. The lowest BCUT2D eigenvalue weighted by Gasteiger charge is -2.31. The van der Waals surface area contributed by atoms with Gasteiger partial charge in [0.1, 0.15) is 0 Å². The summed E-state index contributed by atoms with van der Waals surface area (Å²) in [4.78, 5) is 0. The van der Waals surface area contributed by atoms with E-state index in [1.165, 1.54) is 23.5 Å². The fourth-order valence-electron chi connectivity index (χ4n) is 3.59. The van der Waals surface area contributed by atoms with Gasteiger partial charge in [-0.05, 0) is 53.3 Å². The van der Waals surface area contributed by atoms with Gasteiger partial charge in [0, 0.05) is 5.92 Å². The number of methoxy groups -OCH3 is 3. The van der Waals surface area contributed by atoms with Crippen LogP contribution in [0.3, 0.4) is 0 Å². The average Bonchev–Trinajstić information content (AvgIpc) is 3.22. The summed E-state index contributed by atoms with van der Waals surface area (Å²) >= 11 is 4.02. The lowest BCUT2D eigenvalue weighted by molar-refractivity contribution is 0.174. The lowest BCUT2D eigenvalue weighted by Crippen LogP contribution is -2.18. The fraction of sp³-hybridized carbons (Fsp3) is 0.429. The Hall–Kier alpha value is -1.86. The number of fused-ring (bicyclic) bond motifs is 1. The van der Waals surface area contributed by atoms with Crippen molar-refractivity contribution in [3.05, 3.63) is 41.5 Å². The molecule has 4 rings (SSSR count). The molecule has 1 fully saturated rings. The van der Waals surface area contributed by atoms with E-state index in [9.17, 15) is 0 Å². The first-order valence-corrected chi connectivity index (χ1v) is 11.3. The topological polar surface area (TPSA) is 46.2 Å². The van der Waals surface area contributed by atoms with Crippen molar-refractivity contribution in [1.82, 2.24) is 0 Å². The molecule has 7 heteroatoms. The maximum absolute atomic E-state index is 5.63. The van der Waals surface area contributed by atoms with Crippen LogP contribution in [-0.2, 0) is 0 Å². The van der Waals surface area contributed by atoms with Crippen molar-refractivity contribution < 1.29 is 23.7 Å². The Balaban J connectivity index is 1.81. The van der Waals surface area contributed by atoms with E-state index in [0.29, 0.717) is 21.8 Å². The van der Waals surface area contributed by atoms with Crippen LogP contribution in [0.15, 0.2) is 30.3 Å². The van der Waals surface area contributed by atoms with E-state index < -0.39 is 0 Å². The third-order valence-electron chi connectivity index (χ3n) is 4.93. The van der Waals surface area contributed by atoms with Crippen molar-refractivity contribution in [2.24, 2.45) is 0 Å². The van der Waals surface area contributed by atoms with Crippen LogP contribution in [0.4, 0.5) is 0 Å². The largest absolute Gasteiger partial charge is 0.493 e. The van der Waals surface area contributed by atoms with Gasteiger partial charge in [-0.1, -0.05) is 6.07 Å². The molecular weight excluding hydrogens is 396 g/mol. The minimum Gasteiger partial charge on any atom is -0.493 e.